The van der Waals surface area contributed by atoms with Crippen LogP contribution in [0.5, 0.6) is 0 Å². The van der Waals surface area contributed by atoms with Gasteiger partial charge in [-0.1, -0.05) is 29.4 Å². The number of anilines is 2. The Morgan fingerprint density at radius 3 is 2.53 bits per heavy atom. The van der Waals surface area contributed by atoms with Gasteiger partial charge >= 0.3 is 0 Å². The summed E-state index contributed by atoms with van der Waals surface area (Å²) < 4.78 is 1.95. The summed E-state index contributed by atoms with van der Waals surface area (Å²) in [6.45, 7) is 6.82. The first kappa shape index (κ1) is 23.6. The van der Waals surface area contributed by atoms with Crippen LogP contribution in [-0.2, 0) is 17.9 Å². The van der Waals surface area contributed by atoms with Crippen LogP contribution in [-0.4, -0.2) is 30.8 Å². The highest BCUT2D eigenvalue weighted by Crippen LogP contribution is 2.25. The fraction of sp³-hybridized carbons (Fsp3) is 0.286. The molecular formula is C21H23ClN6O3S. The number of nitrogens with zero attached hydrogens (tertiary/aromatic N) is 4. The number of non-ortho nitro benzene ring substituents is 1. The lowest BCUT2D eigenvalue weighted by atomic mass is 10.2. The van der Waals surface area contributed by atoms with Gasteiger partial charge in [0.15, 0.2) is 11.0 Å². The van der Waals surface area contributed by atoms with Crippen LogP contribution >= 0.6 is 23.4 Å². The average molecular weight is 475 g/mol. The highest BCUT2D eigenvalue weighted by molar-refractivity contribution is 8.00. The highest BCUT2D eigenvalue weighted by atomic mass is 35.5. The molecule has 1 amide bonds. The van der Waals surface area contributed by atoms with E-state index in [1.165, 1.54) is 36.0 Å². The van der Waals surface area contributed by atoms with Crippen molar-refractivity contribution < 1.29 is 9.72 Å². The molecule has 1 atom stereocenters. The second-order valence-corrected chi connectivity index (χ2v) is 8.73. The van der Waals surface area contributed by atoms with Crippen LogP contribution in [0.3, 0.4) is 0 Å². The van der Waals surface area contributed by atoms with E-state index >= 15 is 0 Å². The van der Waals surface area contributed by atoms with E-state index in [4.69, 9.17) is 11.6 Å². The number of aryl methyl sites for hydroxylation is 1. The van der Waals surface area contributed by atoms with Gasteiger partial charge in [-0.2, -0.15) is 0 Å². The summed E-state index contributed by atoms with van der Waals surface area (Å²) in [4.78, 5) is 22.8. The van der Waals surface area contributed by atoms with Crippen molar-refractivity contribution in [2.24, 2.45) is 0 Å². The monoisotopic (exact) mass is 474 g/mol. The third-order valence-corrected chi connectivity index (χ3v) is 6.22. The summed E-state index contributed by atoms with van der Waals surface area (Å²) in [6.07, 6.45) is 0. The van der Waals surface area contributed by atoms with E-state index in [1.54, 1.807) is 6.92 Å². The fourth-order valence-electron chi connectivity index (χ4n) is 2.86. The summed E-state index contributed by atoms with van der Waals surface area (Å²) in [6, 6.07) is 11.5. The number of carbonyl (C=O) groups is 1. The summed E-state index contributed by atoms with van der Waals surface area (Å²) >= 11 is 7.48. The first-order chi connectivity index (χ1) is 15.3. The maximum Gasteiger partial charge on any atom is 0.269 e. The molecule has 168 valence electrons. The average Bonchev–Trinajstić information content (AvgIpc) is 3.16. The van der Waals surface area contributed by atoms with Crippen molar-refractivity contribution in [2.45, 2.75) is 44.3 Å². The van der Waals surface area contributed by atoms with E-state index in [2.05, 4.69) is 20.8 Å². The summed E-state index contributed by atoms with van der Waals surface area (Å²) in [5.41, 5.74) is 2.35. The van der Waals surface area contributed by atoms with Crippen molar-refractivity contribution in [2.75, 3.05) is 10.6 Å². The van der Waals surface area contributed by atoms with Gasteiger partial charge in [-0.3, -0.25) is 14.9 Å². The number of nitro benzene ring substituents is 1. The van der Waals surface area contributed by atoms with Crippen LogP contribution in [0.4, 0.5) is 17.1 Å². The highest BCUT2D eigenvalue weighted by Gasteiger charge is 2.20. The third kappa shape index (κ3) is 5.77. The molecule has 1 heterocycles. The summed E-state index contributed by atoms with van der Waals surface area (Å²) in [5.74, 6) is 0.512. The standard InChI is InChI=1S/C21H23ClN6O3S/c1-4-27-19(12-23-16-6-5-13(2)18(22)11-16)25-26-21(27)32-14(3)20(29)24-15-7-9-17(10-8-15)28(30)31/h5-11,14,23H,4,12H2,1-3H3,(H,24,29)/t14-/m1/s1. The van der Waals surface area contributed by atoms with E-state index in [9.17, 15) is 14.9 Å². The maximum absolute atomic E-state index is 12.6. The Bertz CT molecular complexity index is 1120. The molecule has 0 fully saturated rings. The van der Waals surface area contributed by atoms with Crippen LogP contribution in [0.2, 0.25) is 5.02 Å². The quantitative estimate of drug-likeness (QED) is 0.257. The molecule has 9 nitrogen and oxygen atoms in total. The minimum atomic E-state index is -0.485. The number of halogens is 1. The number of hydrogen-bond acceptors (Lipinski definition) is 7. The number of benzene rings is 2. The normalized spacial score (nSPS) is 11.8. The minimum Gasteiger partial charge on any atom is -0.378 e. The van der Waals surface area contributed by atoms with Crippen LogP contribution in [0, 0.1) is 17.0 Å². The van der Waals surface area contributed by atoms with Crippen molar-refractivity contribution in [3.63, 3.8) is 0 Å². The molecule has 0 unspecified atom stereocenters. The summed E-state index contributed by atoms with van der Waals surface area (Å²) in [7, 11) is 0. The SMILES string of the molecule is CCn1c(CNc2ccc(C)c(Cl)c2)nnc1S[C@H](C)C(=O)Nc1ccc([N+](=O)[O-])cc1. The number of hydrogen-bond donors (Lipinski definition) is 2. The number of nitro groups is 1. The minimum absolute atomic E-state index is 0.0319. The van der Waals surface area contributed by atoms with Gasteiger partial charge in [0.2, 0.25) is 5.91 Å². The molecule has 0 saturated heterocycles. The van der Waals surface area contributed by atoms with E-state index in [-0.39, 0.29) is 11.6 Å². The molecule has 3 aromatic rings. The molecule has 0 radical (unpaired) electrons. The molecule has 0 saturated carbocycles. The molecule has 11 heteroatoms. The second kappa shape index (κ2) is 10.5. The van der Waals surface area contributed by atoms with Gasteiger partial charge in [0.1, 0.15) is 0 Å². The van der Waals surface area contributed by atoms with Crippen LogP contribution in [0.1, 0.15) is 25.2 Å². The second-order valence-electron chi connectivity index (χ2n) is 7.01. The molecule has 0 bridgehead atoms. The predicted octanol–water partition coefficient (Wildman–Crippen LogP) is 4.90. The van der Waals surface area contributed by atoms with Crippen LogP contribution in [0.15, 0.2) is 47.6 Å². The van der Waals surface area contributed by atoms with Crippen molar-refractivity contribution in [3.8, 4) is 0 Å². The largest absolute Gasteiger partial charge is 0.378 e. The molecule has 0 aliphatic carbocycles. The van der Waals surface area contributed by atoms with Crippen LogP contribution in [0.25, 0.3) is 0 Å². The van der Waals surface area contributed by atoms with Gasteiger partial charge < -0.3 is 15.2 Å². The molecule has 2 aromatic carbocycles. The Hall–Kier alpha value is -3.11. The lowest BCUT2D eigenvalue weighted by molar-refractivity contribution is -0.384. The number of nitrogens with one attached hydrogen (secondary N) is 2. The first-order valence-electron chi connectivity index (χ1n) is 9.92. The number of amides is 1. The Balaban J connectivity index is 1.62. The van der Waals surface area contributed by atoms with Gasteiger partial charge in [0, 0.05) is 35.1 Å². The van der Waals surface area contributed by atoms with E-state index in [0.29, 0.717) is 29.0 Å². The third-order valence-electron chi connectivity index (χ3n) is 4.73. The molecule has 3 rings (SSSR count). The van der Waals surface area contributed by atoms with Gasteiger partial charge in [-0.15, -0.1) is 10.2 Å². The molecular weight excluding hydrogens is 452 g/mol. The molecule has 1 aromatic heterocycles. The van der Waals surface area contributed by atoms with E-state index in [1.807, 2.05) is 36.6 Å². The zero-order valence-electron chi connectivity index (χ0n) is 17.8. The molecule has 0 aliphatic heterocycles. The van der Waals surface area contributed by atoms with Crippen molar-refractivity contribution in [1.82, 2.24) is 14.8 Å². The maximum atomic E-state index is 12.6. The Labute approximate surface area is 194 Å². The zero-order valence-corrected chi connectivity index (χ0v) is 19.4. The lowest BCUT2D eigenvalue weighted by Gasteiger charge is -2.13. The zero-order chi connectivity index (χ0) is 23.3. The number of thioether (sulfide) groups is 1. The first-order valence-corrected chi connectivity index (χ1v) is 11.2. The number of aromatic nitrogens is 3. The fourth-order valence-corrected chi connectivity index (χ4v) is 3.97. The lowest BCUT2D eigenvalue weighted by Crippen LogP contribution is -2.23. The molecule has 0 spiro atoms. The Morgan fingerprint density at radius 1 is 1.22 bits per heavy atom. The van der Waals surface area contributed by atoms with Gasteiger partial charge in [0.05, 0.1) is 16.7 Å². The summed E-state index contributed by atoms with van der Waals surface area (Å²) in [5, 5.41) is 26.2. The molecule has 0 aliphatic rings. The topological polar surface area (TPSA) is 115 Å². The van der Waals surface area contributed by atoms with Gasteiger partial charge in [-0.25, -0.2) is 0 Å². The van der Waals surface area contributed by atoms with Gasteiger partial charge in [0.25, 0.3) is 5.69 Å². The van der Waals surface area contributed by atoms with E-state index in [0.717, 1.165) is 17.1 Å². The van der Waals surface area contributed by atoms with Crippen molar-refractivity contribution in [1.29, 1.82) is 0 Å². The number of carbonyl (C=O) groups excluding carboxylic acids is 1. The van der Waals surface area contributed by atoms with Crippen molar-refractivity contribution >= 4 is 46.3 Å². The Morgan fingerprint density at radius 2 is 1.91 bits per heavy atom. The molecule has 2 N–H and O–H groups in total. The molecule has 32 heavy (non-hydrogen) atoms. The van der Waals surface area contributed by atoms with Crippen LogP contribution < -0.4 is 10.6 Å². The smallest absolute Gasteiger partial charge is 0.269 e. The Kier molecular flexibility index (Phi) is 7.70. The van der Waals surface area contributed by atoms with Gasteiger partial charge in [-0.05, 0) is 50.6 Å². The predicted molar refractivity (Wildman–Crippen MR) is 126 cm³/mol. The number of rotatable bonds is 9. The van der Waals surface area contributed by atoms with E-state index < -0.39 is 10.2 Å². The van der Waals surface area contributed by atoms with Crippen molar-refractivity contribution in [3.05, 3.63) is 69.0 Å².